The first-order valence-electron chi connectivity index (χ1n) is 10.6. The molecule has 0 nitrogen and oxygen atoms in total. The van der Waals surface area contributed by atoms with E-state index in [1.807, 2.05) is 0 Å². The molecular weight excluding hydrogens is 375 g/mol. The molecule has 2 heteroatoms. The topological polar surface area (TPSA) is 0 Å². The van der Waals surface area contributed by atoms with Crippen molar-refractivity contribution in [2.24, 2.45) is 0 Å². The molecule has 0 N–H and O–H groups in total. The molecule has 0 saturated carbocycles. The Morgan fingerprint density at radius 1 is 0.654 bits per heavy atom. The molecule has 4 atom stereocenters. The van der Waals surface area contributed by atoms with E-state index in [0.29, 0.717) is 0 Å². The van der Waals surface area contributed by atoms with E-state index in [1.54, 1.807) is 21.7 Å². The molecule has 2 aromatic rings. The van der Waals surface area contributed by atoms with Gasteiger partial charge >= 0.3 is 146 Å². The summed E-state index contributed by atoms with van der Waals surface area (Å²) >= 11 is 0. The number of benzene rings is 2. The van der Waals surface area contributed by atoms with E-state index in [9.17, 15) is 0 Å². The summed E-state index contributed by atoms with van der Waals surface area (Å²) in [7, 11) is -0.110. The minimum atomic E-state index is -3.12. The maximum absolute atomic E-state index is 3.12. The van der Waals surface area contributed by atoms with Gasteiger partial charge in [-0.05, 0) is 0 Å². The van der Waals surface area contributed by atoms with Crippen LogP contribution in [0.25, 0.3) is 0 Å². The van der Waals surface area contributed by atoms with Crippen LogP contribution >= 0.6 is 7.92 Å². The van der Waals surface area contributed by atoms with E-state index >= 15 is 0 Å². The third-order valence-corrected chi connectivity index (χ3v) is 67.3. The summed E-state index contributed by atoms with van der Waals surface area (Å²) in [5.74, 6) is 0. The molecule has 10 aliphatic heterocycles. The van der Waals surface area contributed by atoms with Gasteiger partial charge in [0.1, 0.15) is 0 Å². The molecular formula is C24H23FeP. The summed E-state index contributed by atoms with van der Waals surface area (Å²) in [4.78, 5) is 12.8. The average Bonchev–Trinajstić information content (AvgIpc) is 3.59. The Bertz CT molecular complexity index is 1430. The molecule has 10 saturated heterocycles. The number of aryl methyl sites for hydroxylation is 2. The molecule has 0 bridgehead atoms. The first kappa shape index (κ1) is 11.4. The van der Waals surface area contributed by atoms with Crippen LogP contribution in [0.15, 0.2) is 48.5 Å². The number of fused-ring (bicyclic) bond motifs is 10. The predicted octanol–water partition coefficient (Wildman–Crippen LogP) is 6.03. The Morgan fingerprint density at radius 2 is 1.08 bits per heavy atom. The fraction of sp³-hybridized carbons (Fsp3) is 0.500. The van der Waals surface area contributed by atoms with E-state index in [4.69, 9.17) is 0 Å². The van der Waals surface area contributed by atoms with Gasteiger partial charge in [0, 0.05) is 0 Å². The summed E-state index contributed by atoms with van der Waals surface area (Å²) in [6.45, 7) is 1.70. The molecule has 26 heavy (non-hydrogen) atoms. The van der Waals surface area contributed by atoms with Gasteiger partial charge in [-0.3, -0.25) is 0 Å². The summed E-state index contributed by atoms with van der Waals surface area (Å²) in [6.07, 6.45) is 0. The molecule has 12 rings (SSSR count). The molecule has 132 valence electrons. The van der Waals surface area contributed by atoms with Gasteiger partial charge in [-0.25, -0.2) is 0 Å². The second-order valence-electron chi connectivity index (χ2n) is 13.5. The molecule has 1 spiro atoms. The maximum atomic E-state index is 2.56. The Kier molecular flexibility index (Phi) is 0.581. The standard InChI is InChI=1S/C19H18P.C5H5.Fe/c1-15-9-3-7-13-18(15)20(17-11-5-6-12-17)19-14-8-4-10-16(19)2;1-2-4-5-3-1;/h3-14H,1-2H3;1-5H;. The number of hydrogen-bond donors (Lipinski definition) is 0. The fourth-order valence-electron chi connectivity index (χ4n) is 18.8. The second-order valence-corrected chi connectivity index (χ2v) is 39.9. The Balaban J connectivity index is 1.30. The van der Waals surface area contributed by atoms with Crippen LogP contribution in [-0.4, -0.2) is 4.05 Å². The van der Waals surface area contributed by atoms with Gasteiger partial charge in [0.05, 0.1) is 0 Å². The van der Waals surface area contributed by atoms with Crippen molar-refractivity contribution < 1.29 is 6.51 Å². The van der Waals surface area contributed by atoms with Crippen LogP contribution in [-0.2, 0) is 6.51 Å². The van der Waals surface area contributed by atoms with Crippen LogP contribution in [0.4, 0.5) is 0 Å². The quantitative estimate of drug-likeness (QED) is 0.437. The molecule has 10 fully saturated rings. The van der Waals surface area contributed by atoms with Gasteiger partial charge in [-0.1, -0.05) is 0 Å². The van der Waals surface area contributed by atoms with Crippen molar-refractivity contribution in [1.82, 2.24) is 0 Å². The van der Waals surface area contributed by atoms with Crippen molar-refractivity contribution in [3.05, 3.63) is 59.7 Å². The molecule has 0 aromatic heterocycles. The third-order valence-electron chi connectivity index (χ3n) is 17.7. The van der Waals surface area contributed by atoms with Crippen LogP contribution in [0.2, 0.25) is 43.3 Å². The number of hydrogen-bond acceptors (Lipinski definition) is 0. The first-order valence-corrected chi connectivity index (χ1v) is 18.2. The Hall–Kier alpha value is -0.611. The van der Waals surface area contributed by atoms with Crippen molar-refractivity contribution in [1.29, 1.82) is 0 Å². The molecule has 10 aliphatic rings. The van der Waals surface area contributed by atoms with Crippen LogP contribution in [0.3, 0.4) is 0 Å². The number of rotatable bonds is 3. The van der Waals surface area contributed by atoms with Gasteiger partial charge in [-0.15, -0.1) is 0 Å². The van der Waals surface area contributed by atoms with Crippen LogP contribution < -0.4 is 10.6 Å². The molecule has 10 heterocycles. The van der Waals surface area contributed by atoms with Crippen molar-refractivity contribution >= 4 is 18.5 Å². The van der Waals surface area contributed by atoms with Gasteiger partial charge in [0.15, 0.2) is 0 Å². The SMILES string of the molecule is Cc1ccccc1P(c1ccccc1C)[C]12[CH]3[CH]4[CH]5[CH]1[Fe]45321678[CH]2[CH]1[CH]6[CH]7[CH]28. The van der Waals surface area contributed by atoms with Gasteiger partial charge < -0.3 is 0 Å². The monoisotopic (exact) mass is 398 g/mol. The normalized spacial score (nSPS) is 82.0. The van der Waals surface area contributed by atoms with E-state index in [0.717, 1.165) is 4.05 Å². The molecule has 2 aromatic carbocycles. The van der Waals surface area contributed by atoms with Crippen LogP contribution in [0, 0.1) is 13.8 Å². The van der Waals surface area contributed by atoms with Crippen molar-refractivity contribution in [3.63, 3.8) is 0 Å². The van der Waals surface area contributed by atoms with Crippen LogP contribution in [0.5, 0.6) is 0 Å². The zero-order chi connectivity index (χ0) is 16.6. The summed E-state index contributed by atoms with van der Waals surface area (Å²) in [5.41, 5.74) is 3.19. The summed E-state index contributed by atoms with van der Waals surface area (Å²) in [6, 6.07) is 19.2. The van der Waals surface area contributed by atoms with Gasteiger partial charge in [0.25, 0.3) is 0 Å². The zero-order valence-corrected chi connectivity index (χ0v) is 17.1. The average molecular weight is 398 g/mol. The molecule has 4 unspecified atom stereocenters. The zero-order valence-electron chi connectivity index (χ0n) is 15.1. The molecule has 0 radical (unpaired) electrons. The summed E-state index contributed by atoms with van der Waals surface area (Å²) in [5, 5.41) is 3.59. The van der Waals surface area contributed by atoms with Crippen molar-refractivity contribution in [2.75, 3.05) is 0 Å². The first-order chi connectivity index (χ1) is 12.5. The molecule has 0 amide bonds. The Labute approximate surface area is 145 Å². The summed E-state index contributed by atoms with van der Waals surface area (Å²) < 4.78 is 0.965. The van der Waals surface area contributed by atoms with E-state index < -0.39 is 6.51 Å². The van der Waals surface area contributed by atoms with E-state index in [-0.39, 0.29) is 7.92 Å². The van der Waals surface area contributed by atoms with Crippen molar-refractivity contribution in [3.8, 4) is 0 Å². The van der Waals surface area contributed by atoms with Gasteiger partial charge in [-0.2, -0.15) is 0 Å². The predicted molar refractivity (Wildman–Crippen MR) is 105 cm³/mol. The second kappa shape index (κ2) is 1.32. The Morgan fingerprint density at radius 3 is 1.38 bits per heavy atom. The fourth-order valence-corrected chi connectivity index (χ4v) is 108. The van der Waals surface area contributed by atoms with Gasteiger partial charge in [0.2, 0.25) is 0 Å². The van der Waals surface area contributed by atoms with E-state index in [2.05, 4.69) is 62.4 Å². The van der Waals surface area contributed by atoms with Crippen LogP contribution in [0.1, 0.15) is 11.1 Å². The minimum absolute atomic E-state index is 0.110. The third kappa shape index (κ3) is 0.190. The molecule has 0 aliphatic carbocycles. The van der Waals surface area contributed by atoms with E-state index in [1.165, 1.54) is 43.3 Å². The van der Waals surface area contributed by atoms with Crippen molar-refractivity contribution in [2.45, 2.75) is 61.2 Å².